The Balaban J connectivity index is 1.78. The molecule has 0 radical (unpaired) electrons. The number of nitrogens with zero attached hydrogens (tertiary/aromatic N) is 1. The Morgan fingerprint density at radius 2 is 2.22 bits per heavy atom. The molecule has 0 bridgehead atoms. The predicted octanol–water partition coefficient (Wildman–Crippen LogP) is 3.83. The molecule has 2 atom stereocenters. The summed E-state index contributed by atoms with van der Waals surface area (Å²) in [4.78, 5) is 17.0. The molecule has 1 aromatic carbocycles. The Labute approximate surface area is 142 Å². The molecule has 1 aliphatic heterocycles. The summed E-state index contributed by atoms with van der Waals surface area (Å²) in [5.41, 5.74) is 4.07. The molecular formula is C19H26N2OS. The van der Waals surface area contributed by atoms with Crippen molar-refractivity contribution in [3.05, 3.63) is 35.5 Å². The number of likely N-dealkylation sites (N-methyl/N-ethyl adjacent to an activating group) is 1. The maximum Gasteiger partial charge on any atom is 0.139 e. The van der Waals surface area contributed by atoms with Gasteiger partial charge in [-0.3, -0.25) is 4.79 Å². The van der Waals surface area contributed by atoms with Crippen LogP contribution < -0.4 is 0 Å². The maximum atomic E-state index is 11.2. The van der Waals surface area contributed by atoms with Crippen molar-refractivity contribution in [3.8, 4) is 0 Å². The minimum Gasteiger partial charge on any atom is -0.361 e. The van der Waals surface area contributed by atoms with Gasteiger partial charge in [0.2, 0.25) is 0 Å². The van der Waals surface area contributed by atoms with Crippen molar-refractivity contribution in [1.82, 2.24) is 9.88 Å². The Morgan fingerprint density at radius 3 is 3.00 bits per heavy atom. The molecule has 0 aliphatic carbocycles. The zero-order valence-corrected chi connectivity index (χ0v) is 15.1. The molecule has 1 fully saturated rings. The van der Waals surface area contributed by atoms with Gasteiger partial charge in [0, 0.05) is 30.2 Å². The van der Waals surface area contributed by atoms with Crippen LogP contribution in [0.4, 0.5) is 0 Å². The monoisotopic (exact) mass is 330 g/mol. The van der Waals surface area contributed by atoms with Crippen LogP contribution in [0.5, 0.6) is 0 Å². The lowest BCUT2D eigenvalue weighted by Gasteiger charge is -2.36. The number of benzene rings is 1. The fourth-order valence-electron chi connectivity index (χ4n) is 3.89. The van der Waals surface area contributed by atoms with Crippen molar-refractivity contribution in [3.63, 3.8) is 0 Å². The van der Waals surface area contributed by atoms with E-state index < -0.39 is 0 Å². The summed E-state index contributed by atoms with van der Waals surface area (Å²) in [6, 6.07) is 6.63. The van der Waals surface area contributed by atoms with E-state index in [4.69, 9.17) is 0 Å². The van der Waals surface area contributed by atoms with Crippen LogP contribution in [-0.2, 0) is 4.79 Å². The van der Waals surface area contributed by atoms with E-state index >= 15 is 0 Å². The standard InChI is InChI=1S/C19H26N2OS/c1-13-8-20-18-6-4-5-17(19(13)18)16-7-15(9-21(3)10-16)12-23-11-14(2)22/h4-6,8,15-16,20H,7,9-12H2,1-3H3. The highest BCUT2D eigenvalue weighted by Gasteiger charge is 2.27. The number of aryl methyl sites for hydroxylation is 1. The van der Waals surface area contributed by atoms with E-state index in [9.17, 15) is 4.79 Å². The van der Waals surface area contributed by atoms with Crippen molar-refractivity contribution in [1.29, 1.82) is 0 Å². The van der Waals surface area contributed by atoms with Crippen LogP contribution in [0.3, 0.4) is 0 Å². The van der Waals surface area contributed by atoms with Gasteiger partial charge in [-0.05, 0) is 62.1 Å². The average Bonchev–Trinajstić information content (AvgIpc) is 2.88. The van der Waals surface area contributed by atoms with Crippen molar-refractivity contribution >= 4 is 28.4 Å². The lowest BCUT2D eigenvalue weighted by molar-refractivity contribution is -0.114. The summed E-state index contributed by atoms with van der Waals surface area (Å²) in [6.07, 6.45) is 3.33. The number of hydrogen-bond donors (Lipinski definition) is 1. The van der Waals surface area contributed by atoms with E-state index in [1.807, 2.05) is 0 Å². The number of nitrogens with one attached hydrogen (secondary N) is 1. The van der Waals surface area contributed by atoms with E-state index in [1.54, 1.807) is 18.7 Å². The van der Waals surface area contributed by atoms with Gasteiger partial charge in [-0.15, -0.1) is 0 Å². The molecule has 2 heterocycles. The van der Waals surface area contributed by atoms with E-state index in [0.717, 1.165) is 18.8 Å². The first-order valence-corrected chi connectivity index (χ1v) is 9.52. The number of likely N-dealkylation sites (tertiary alicyclic amines) is 1. The molecule has 1 aliphatic rings. The first kappa shape index (κ1) is 16.6. The van der Waals surface area contributed by atoms with Gasteiger partial charge in [0.1, 0.15) is 5.78 Å². The first-order valence-electron chi connectivity index (χ1n) is 8.37. The number of ketones is 1. The van der Waals surface area contributed by atoms with Gasteiger partial charge in [0.15, 0.2) is 0 Å². The number of hydrogen-bond acceptors (Lipinski definition) is 3. The highest BCUT2D eigenvalue weighted by molar-refractivity contribution is 7.99. The smallest absolute Gasteiger partial charge is 0.139 e. The van der Waals surface area contributed by atoms with Crippen molar-refractivity contribution < 1.29 is 4.79 Å². The zero-order chi connectivity index (χ0) is 16.4. The topological polar surface area (TPSA) is 36.1 Å². The third kappa shape index (κ3) is 3.81. The number of Topliss-reactive ketones (excluding diaryl/α,β-unsaturated/α-hetero) is 1. The van der Waals surface area contributed by atoms with E-state index in [-0.39, 0.29) is 5.78 Å². The molecule has 4 heteroatoms. The first-order chi connectivity index (χ1) is 11.0. The Hall–Kier alpha value is -1.26. The van der Waals surface area contributed by atoms with Gasteiger partial charge in [-0.25, -0.2) is 0 Å². The zero-order valence-electron chi connectivity index (χ0n) is 14.3. The molecule has 1 aromatic heterocycles. The summed E-state index contributed by atoms with van der Waals surface area (Å²) in [7, 11) is 2.22. The predicted molar refractivity (Wildman–Crippen MR) is 99.4 cm³/mol. The number of aromatic nitrogens is 1. The third-order valence-corrected chi connectivity index (χ3v) is 6.07. The van der Waals surface area contributed by atoms with Crippen molar-refractivity contribution in [2.45, 2.75) is 26.2 Å². The van der Waals surface area contributed by atoms with Crippen molar-refractivity contribution in [2.75, 3.05) is 31.6 Å². The number of thioether (sulfide) groups is 1. The van der Waals surface area contributed by atoms with E-state index in [1.165, 1.54) is 28.5 Å². The minimum atomic E-state index is 0.281. The second-order valence-corrected chi connectivity index (χ2v) is 8.01. The summed E-state index contributed by atoms with van der Waals surface area (Å²) < 4.78 is 0. The molecule has 3 rings (SSSR count). The summed E-state index contributed by atoms with van der Waals surface area (Å²) >= 11 is 1.79. The Bertz CT molecular complexity index is 694. The molecule has 1 saturated heterocycles. The molecule has 1 N–H and O–H groups in total. The van der Waals surface area contributed by atoms with Gasteiger partial charge in [-0.1, -0.05) is 12.1 Å². The molecule has 0 saturated carbocycles. The van der Waals surface area contributed by atoms with Gasteiger partial charge < -0.3 is 9.88 Å². The Kier molecular flexibility index (Phi) is 5.12. The number of fused-ring (bicyclic) bond motifs is 1. The number of H-pyrrole nitrogens is 1. The number of aromatic amines is 1. The maximum absolute atomic E-state index is 11.2. The van der Waals surface area contributed by atoms with Crippen LogP contribution in [0.25, 0.3) is 10.9 Å². The fraction of sp³-hybridized carbons (Fsp3) is 0.526. The second-order valence-electron chi connectivity index (χ2n) is 6.98. The molecule has 124 valence electrons. The fourth-order valence-corrected chi connectivity index (χ4v) is 4.87. The molecule has 0 amide bonds. The lowest BCUT2D eigenvalue weighted by atomic mass is 9.83. The van der Waals surface area contributed by atoms with Crippen molar-refractivity contribution in [2.24, 2.45) is 5.92 Å². The molecule has 2 unspecified atom stereocenters. The summed E-state index contributed by atoms with van der Waals surface area (Å²) in [5, 5.41) is 1.41. The van der Waals surface area contributed by atoms with Crippen LogP contribution in [0.2, 0.25) is 0 Å². The molecular weight excluding hydrogens is 304 g/mol. The quantitative estimate of drug-likeness (QED) is 0.905. The van der Waals surface area contributed by atoms with Crippen LogP contribution in [0.1, 0.15) is 30.4 Å². The van der Waals surface area contributed by atoms with Crippen LogP contribution in [0, 0.1) is 12.8 Å². The number of piperidine rings is 1. The van der Waals surface area contributed by atoms with Crippen LogP contribution >= 0.6 is 11.8 Å². The average molecular weight is 330 g/mol. The lowest BCUT2D eigenvalue weighted by Crippen LogP contribution is -2.38. The van der Waals surface area contributed by atoms with Crippen LogP contribution in [-0.4, -0.2) is 47.3 Å². The highest BCUT2D eigenvalue weighted by atomic mass is 32.2. The SMILES string of the molecule is CC(=O)CSCC1CC(c2cccc3[nH]cc(C)c23)CN(C)C1. The minimum absolute atomic E-state index is 0.281. The number of rotatable bonds is 5. The van der Waals surface area contributed by atoms with Gasteiger partial charge >= 0.3 is 0 Å². The van der Waals surface area contributed by atoms with E-state index in [2.05, 4.69) is 48.3 Å². The van der Waals surface area contributed by atoms with Gasteiger partial charge in [0.05, 0.1) is 5.75 Å². The summed E-state index contributed by atoms with van der Waals surface area (Å²) in [5.74, 6) is 3.26. The van der Waals surface area contributed by atoms with Crippen LogP contribution in [0.15, 0.2) is 24.4 Å². The van der Waals surface area contributed by atoms with Gasteiger partial charge in [-0.2, -0.15) is 11.8 Å². The molecule has 3 nitrogen and oxygen atoms in total. The number of carbonyl (C=O) groups excluding carboxylic acids is 1. The highest BCUT2D eigenvalue weighted by Crippen LogP contribution is 2.36. The normalized spacial score (nSPS) is 22.6. The van der Waals surface area contributed by atoms with E-state index in [0.29, 0.717) is 17.6 Å². The van der Waals surface area contributed by atoms with Gasteiger partial charge in [0.25, 0.3) is 0 Å². The second kappa shape index (κ2) is 7.10. The molecule has 2 aromatic rings. The Morgan fingerprint density at radius 1 is 1.39 bits per heavy atom. The largest absolute Gasteiger partial charge is 0.361 e. The molecule has 23 heavy (non-hydrogen) atoms. The third-order valence-electron chi connectivity index (χ3n) is 4.75. The molecule has 0 spiro atoms. The number of carbonyl (C=O) groups is 1. The summed E-state index contributed by atoms with van der Waals surface area (Å²) in [6.45, 7) is 6.13.